The van der Waals surface area contributed by atoms with E-state index in [4.69, 9.17) is 0 Å². The molecule has 2 aromatic heterocycles. The van der Waals surface area contributed by atoms with E-state index in [1.54, 1.807) is 48.1 Å². The van der Waals surface area contributed by atoms with Gasteiger partial charge in [0.15, 0.2) is 5.69 Å². The number of fused-ring (bicyclic) bond motifs is 1. The third kappa shape index (κ3) is 2.88. The normalized spacial score (nSPS) is 18.9. The lowest BCUT2D eigenvalue weighted by atomic mass is 10.0. The standard InChI is InChI=1S/C20H16N4O4/c1-23-9-7-20(28,19(23)27)6-5-13-3-2-4-14(11-13)17-22-16(18(25)26)15-12-21-8-10-24(15)17/h2-4,8,10-12,28H,7,9H2,1H3,(H,25,26). The minimum absolute atomic E-state index is 0.0894. The van der Waals surface area contributed by atoms with Crippen LogP contribution < -0.4 is 0 Å². The van der Waals surface area contributed by atoms with Crippen molar-refractivity contribution in [2.24, 2.45) is 0 Å². The Morgan fingerprint density at radius 1 is 1.36 bits per heavy atom. The van der Waals surface area contributed by atoms with E-state index in [1.165, 1.54) is 11.1 Å². The van der Waals surface area contributed by atoms with E-state index in [2.05, 4.69) is 21.8 Å². The molecule has 1 unspecified atom stereocenters. The molecule has 0 radical (unpaired) electrons. The lowest BCUT2D eigenvalue weighted by Crippen LogP contribution is -2.37. The number of aliphatic hydroxyl groups is 1. The molecule has 1 aromatic carbocycles. The Balaban J connectivity index is 1.76. The molecular formula is C20H16N4O4. The van der Waals surface area contributed by atoms with Crippen molar-refractivity contribution in [3.63, 3.8) is 0 Å². The largest absolute Gasteiger partial charge is 0.476 e. The van der Waals surface area contributed by atoms with E-state index in [9.17, 15) is 19.8 Å². The van der Waals surface area contributed by atoms with E-state index in [0.717, 1.165) is 0 Å². The predicted octanol–water partition coefficient (Wildman–Crippen LogP) is 1.04. The summed E-state index contributed by atoms with van der Waals surface area (Å²) in [7, 11) is 1.63. The third-order valence-electron chi connectivity index (χ3n) is 4.69. The van der Waals surface area contributed by atoms with Crippen LogP contribution in [0.5, 0.6) is 0 Å². The van der Waals surface area contributed by atoms with Gasteiger partial charge in [0.25, 0.3) is 5.91 Å². The minimum Gasteiger partial charge on any atom is -0.476 e. The molecule has 140 valence electrons. The molecule has 28 heavy (non-hydrogen) atoms. The van der Waals surface area contributed by atoms with Gasteiger partial charge in [-0.05, 0) is 12.1 Å². The number of hydrogen-bond acceptors (Lipinski definition) is 5. The Morgan fingerprint density at radius 2 is 2.18 bits per heavy atom. The molecule has 0 saturated carbocycles. The van der Waals surface area contributed by atoms with Crippen LogP contribution in [0.2, 0.25) is 0 Å². The molecule has 3 aromatic rings. The Hall–Kier alpha value is -3.70. The van der Waals surface area contributed by atoms with Gasteiger partial charge in [0.2, 0.25) is 5.60 Å². The molecule has 1 aliphatic rings. The van der Waals surface area contributed by atoms with Crippen LogP contribution >= 0.6 is 0 Å². The molecule has 1 saturated heterocycles. The summed E-state index contributed by atoms with van der Waals surface area (Å²) in [5.74, 6) is 4.42. The zero-order valence-corrected chi connectivity index (χ0v) is 15.0. The van der Waals surface area contributed by atoms with Crippen LogP contribution in [0.1, 0.15) is 22.5 Å². The lowest BCUT2D eigenvalue weighted by molar-refractivity contribution is -0.137. The van der Waals surface area contributed by atoms with E-state index in [-0.39, 0.29) is 12.1 Å². The zero-order chi connectivity index (χ0) is 19.9. The Labute approximate surface area is 160 Å². The first kappa shape index (κ1) is 17.7. The van der Waals surface area contributed by atoms with Crippen LogP contribution in [0.3, 0.4) is 0 Å². The zero-order valence-electron chi connectivity index (χ0n) is 15.0. The number of aromatic carboxylic acids is 1. The fourth-order valence-electron chi connectivity index (χ4n) is 3.18. The van der Waals surface area contributed by atoms with Gasteiger partial charge in [-0.2, -0.15) is 0 Å². The second kappa shape index (κ2) is 6.48. The maximum Gasteiger partial charge on any atom is 0.356 e. The Morgan fingerprint density at radius 3 is 2.89 bits per heavy atom. The summed E-state index contributed by atoms with van der Waals surface area (Å²) in [6.45, 7) is 0.454. The Bertz CT molecular complexity index is 1170. The summed E-state index contributed by atoms with van der Waals surface area (Å²) in [5.41, 5.74) is -0.144. The van der Waals surface area contributed by atoms with Crippen molar-refractivity contribution in [3.05, 3.63) is 54.1 Å². The highest BCUT2D eigenvalue weighted by molar-refractivity contribution is 5.94. The van der Waals surface area contributed by atoms with Crippen molar-refractivity contribution < 1.29 is 19.8 Å². The van der Waals surface area contributed by atoms with Crippen molar-refractivity contribution in [3.8, 4) is 23.2 Å². The topological polar surface area (TPSA) is 108 Å². The van der Waals surface area contributed by atoms with Crippen LogP contribution in [0.4, 0.5) is 0 Å². The van der Waals surface area contributed by atoms with Gasteiger partial charge in [0.05, 0.1) is 11.7 Å². The van der Waals surface area contributed by atoms with Gasteiger partial charge in [-0.15, -0.1) is 0 Å². The summed E-state index contributed by atoms with van der Waals surface area (Å²) in [4.78, 5) is 33.2. The van der Waals surface area contributed by atoms with Gasteiger partial charge in [0, 0.05) is 43.5 Å². The number of hydrogen-bond donors (Lipinski definition) is 2. The number of nitrogens with zero attached hydrogens (tertiary/aromatic N) is 4. The highest BCUT2D eigenvalue weighted by atomic mass is 16.4. The van der Waals surface area contributed by atoms with Crippen LogP contribution in [-0.2, 0) is 4.79 Å². The summed E-state index contributed by atoms with van der Waals surface area (Å²) < 4.78 is 1.64. The second-order valence-corrected chi connectivity index (χ2v) is 6.59. The van der Waals surface area contributed by atoms with Crippen LogP contribution in [-0.4, -0.2) is 60.6 Å². The first-order valence-electron chi connectivity index (χ1n) is 8.56. The van der Waals surface area contributed by atoms with Gasteiger partial charge < -0.3 is 15.1 Å². The molecule has 2 N–H and O–H groups in total. The van der Waals surface area contributed by atoms with Crippen LogP contribution in [0, 0.1) is 11.8 Å². The quantitative estimate of drug-likeness (QED) is 0.647. The van der Waals surface area contributed by atoms with Crippen LogP contribution in [0.15, 0.2) is 42.9 Å². The number of carboxylic acids is 1. The number of benzene rings is 1. The van der Waals surface area contributed by atoms with Gasteiger partial charge in [-0.1, -0.05) is 24.0 Å². The first-order chi connectivity index (χ1) is 13.4. The molecule has 8 nitrogen and oxygen atoms in total. The van der Waals surface area contributed by atoms with Gasteiger partial charge >= 0.3 is 5.97 Å². The lowest BCUT2D eigenvalue weighted by Gasteiger charge is -2.13. The summed E-state index contributed by atoms with van der Waals surface area (Å²) in [5, 5.41) is 19.8. The number of rotatable bonds is 2. The SMILES string of the molecule is CN1CCC(O)(C#Cc2cccc(-c3nc(C(=O)O)c4cnccn34)c2)C1=O. The number of carboxylic acid groups (broad SMARTS) is 1. The van der Waals surface area contributed by atoms with E-state index in [1.807, 2.05) is 0 Å². The smallest absolute Gasteiger partial charge is 0.356 e. The highest BCUT2D eigenvalue weighted by Gasteiger charge is 2.42. The second-order valence-electron chi connectivity index (χ2n) is 6.59. The molecule has 0 spiro atoms. The van der Waals surface area contributed by atoms with Gasteiger partial charge in [-0.25, -0.2) is 9.78 Å². The number of aromatic nitrogens is 3. The van der Waals surface area contributed by atoms with Crippen molar-refractivity contribution in [1.29, 1.82) is 0 Å². The van der Waals surface area contributed by atoms with Crippen molar-refractivity contribution in [1.82, 2.24) is 19.3 Å². The molecule has 0 bridgehead atoms. The fourth-order valence-corrected chi connectivity index (χ4v) is 3.18. The molecule has 1 amide bonds. The summed E-state index contributed by atoms with van der Waals surface area (Å²) >= 11 is 0. The molecule has 3 heterocycles. The van der Waals surface area contributed by atoms with E-state index >= 15 is 0 Å². The number of carbonyl (C=O) groups excluding carboxylic acids is 1. The average Bonchev–Trinajstić information content (AvgIpc) is 3.21. The first-order valence-corrected chi connectivity index (χ1v) is 8.56. The summed E-state index contributed by atoms with van der Waals surface area (Å²) in [6, 6.07) is 7.03. The Kier molecular flexibility index (Phi) is 4.09. The highest BCUT2D eigenvalue weighted by Crippen LogP contribution is 2.24. The van der Waals surface area contributed by atoms with E-state index in [0.29, 0.717) is 29.0 Å². The molecule has 1 fully saturated rings. The molecular weight excluding hydrogens is 360 g/mol. The van der Waals surface area contributed by atoms with Gasteiger partial charge in [0.1, 0.15) is 5.82 Å². The van der Waals surface area contributed by atoms with Crippen molar-refractivity contribution in [2.45, 2.75) is 12.0 Å². The average molecular weight is 376 g/mol. The predicted molar refractivity (Wildman–Crippen MR) is 99.5 cm³/mol. The molecule has 0 aliphatic carbocycles. The molecule has 8 heteroatoms. The van der Waals surface area contributed by atoms with Gasteiger partial charge in [-0.3, -0.25) is 14.2 Å². The van der Waals surface area contributed by atoms with E-state index < -0.39 is 17.5 Å². The number of imidazole rings is 1. The molecule has 4 rings (SSSR count). The maximum absolute atomic E-state index is 12.0. The number of carbonyl (C=O) groups is 2. The number of likely N-dealkylation sites (N-methyl/N-ethyl adjacent to an activating group) is 1. The number of likely N-dealkylation sites (tertiary alicyclic amines) is 1. The maximum atomic E-state index is 12.0. The number of amides is 1. The van der Waals surface area contributed by atoms with Crippen molar-refractivity contribution in [2.75, 3.05) is 13.6 Å². The monoisotopic (exact) mass is 376 g/mol. The fraction of sp³-hybridized carbons (Fsp3) is 0.200. The van der Waals surface area contributed by atoms with Crippen LogP contribution in [0.25, 0.3) is 16.9 Å². The molecule has 1 aliphatic heterocycles. The minimum atomic E-state index is -1.67. The summed E-state index contributed by atoms with van der Waals surface area (Å²) in [6.07, 6.45) is 4.89. The molecule has 1 atom stereocenters. The third-order valence-corrected chi connectivity index (χ3v) is 4.69. The van der Waals surface area contributed by atoms with Crippen molar-refractivity contribution >= 4 is 17.4 Å².